The van der Waals surface area contributed by atoms with E-state index in [0.29, 0.717) is 30.6 Å². The Morgan fingerprint density at radius 3 is 3.05 bits per heavy atom. The standard InChI is InChI=1S/C13H14N4O3/c1-9-10(6-17-8-14-12(16-17)7-18-2)15-13(20-9)11-4-3-5-19-11/h3-5,8H,6-7H2,1-2H3. The third kappa shape index (κ3) is 2.48. The van der Waals surface area contributed by atoms with Gasteiger partial charge in [-0.1, -0.05) is 0 Å². The van der Waals surface area contributed by atoms with Crippen molar-refractivity contribution in [1.29, 1.82) is 0 Å². The maximum atomic E-state index is 5.59. The number of rotatable bonds is 5. The number of hydrogen-bond donors (Lipinski definition) is 0. The van der Waals surface area contributed by atoms with Gasteiger partial charge in [0, 0.05) is 7.11 Å². The van der Waals surface area contributed by atoms with Crippen molar-refractivity contribution >= 4 is 0 Å². The van der Waals surface area contributed by atoms with Crippen LogP contribution in [0.25, 0.3) is 11.7 Å². The maximum Gasteiger partial charge on any atom is 0.263 e. The summed E-state index contributed by atoms with van der Waals surface area (Å²) in [6.45, 7) is 2.75. The van der Waals surface area contributed by atoms with Gasteiger partial charge in [0.1, 0.15) is 24.4 Å². The summed E-state index contributed by atoms with van der Waals surface area (Å²) in [6.07, 6.45) is 3.23. The highest BCUT2D eigenvalue weighted by molar-refractivity contribution is 5.44. The molecule has 7 nitrogen and oxygen atoms in total. The third-order valence-electron chi connectivity index (χ3n) is 2.79. The number of methoxy groups -OCH3 is 1. The molecule has 0 radical (unpaired) electrons. The largest absolute Gasteiger partial charge is 0.459 e. The molecular weight excluding hydrogens is 260 g/mol. The fourth-order valence-electron chi connectivity index (χ4n) is 1.84. The second-order valence-corrected chi connectivity index (χ2v) is 4.29. The molecule has 3 heterocycles. The van der Waals surface area contributed by atoms with Crippen LogP contribution < -0.4 is 0 Å². The zero-order valence-electron chi connectivity index (χ0n) is 11.2. The molecule has 3 aromatic rings. The van der Waals surface area contributed by atoms with E-state index in [2.05, 4.69) is 15.1 Å². The second-order valence-electron chi connectivity index (χ2n) is 4.29. The van der Waals surface area contributed by atoms with Crippen LogP contribution in [0.2, 0.25) is 0 Å². The minimum absolute atomic E-state index is 0.391. The fraction of sp³-hybridized carbons (Fsp3) is 0.308. The molecule has 0 aliphatic heterocycles. The van der Waals surface area contributed by atoms with Gasteiger partial charge in [-0.05, 0) is 19.1 Å². The van der Waals surface area contributed by atoms with Gasteiger partial charge in [-0.25, -0.2) is 14.6 Å². The Morgan fingerprint density at radius 1 is 1.40 bits per heavy atom. The average Bonchev–Trinajstić information content (AvgIpc) is 3.13. The zero-order valence-corrected chi connectivity index (χ0v) is 11.2. The van der Waals surface area contributed by atoms with Gasteiger partial charge in [-0.2, -0.15) is 5.10 Å². The number of aromatic nitrogens is 4. The van der Waals surface area contributed by atoms with E-state index in [1.165, 1.54) is 0 Å². The molecule has 0 aliphatic rings. The molecule has 0 unspecified atom stereocenters. The van der Waals surface area contributed by atoms with Gasteiger partial charge < -0.3 is 13.6 Å². The normalized spacial score (nSPS) is 11.1. The lowest BCUT2D eigenvalue weighted by atomic mass is 10.4. The Bertz CT molecular complexity index is 684. The summed E-state index contributed by atoms with van der Waals surface area (Å²) in [6, 6.07) is 3.60. The molecular formula is C13H14N4O3. The molecule has 0 N–H and O–H groups in total. The molecule has 20 heavy (non-hydrogen) atoms. The Kier molecular flexibility index (Phi) is 3.34. The molecule has 3 aromatic heterocycles. The quantitative estimate of drug-likeness (QED) is 0.708. The third-order valence-corrected chi connectivity index (χ3v) is 2.79. The summed E-state index contributed by atoms with van der Waals surface area (Å²) in [7, 11) is 1.61. The summed E-state index contributed by atoms with van der Waals surface area (Å²) >= 11 is 0. The van der Waals surface area contributed by atoms with Crippen molar-refractivity contribution in [3.05, 3.63) is 42.0 Å². The van der Waals surface area contributed by atoms with Crippen LogP contribution in [0.4, 0.5) is 0 Å². The molecule has 0 spiro atoms. The van der Waals surface area contributed by atoms with Crippen molar-refractivity contribution in [1.82, 2.24) is 19.7 Å². The monoisotopic (exact) mass is 274 g/mol. The smallest absolute Gasteiger partial charge is 0.263 e. The van der Waals surface area contributed by atoms with E-state index in [1.54, 1.807) is 36.5 Å². The van der Waals surface area contributed by atoms with Gasteiger partial charge in [0.2, 0.25) is 0 Å². The second kappa shape index (κ2) is 5.30. The number of nitrogens with zero attached hydrogens (tertiary/aromatic N) is 4. The van der Waals surface area contributed by atoms with Gasteiger partial charge in [-0.15, -0.1) is 0 Å². The lowest BCUT2D eigenvalue weighted by Gasteiger charge is -1.96. The summed E-state index contributed by atoms with van der Waals surface area (Å²) in [5.41, 5.74) is 0.797. The Labute approximate surface area is 115 Å². The van der Waals surface area contributed by atoms with Crippen LogP contribution >= 0.6 is 0 Å². The van der Waals surface area contributed by atoms with Crippen LogP contribution in [0.3, 0.4) is 0 Å². The number of furan rings is 1. The van der Waals surface area contributed by atoms with Crippen LogP contribution in [0.5, 0.6) is 0 Å². The van der Waals surface area contributed by atoms with E-state index in [9.17, 15) is 0 Å². The Morgan fingerprint density at radius 2 is 2.30 bits per heavy atom. The molecule has 0 fully saturated rings. The fourth-order valence-corrected chi connectivity index (χ4v) is 1.84. The molecule has 0 aliphatic carbocycles. The summed E-state index contributed by atoms with van der Waals surface area (Å²) in [5, 5.41) is 4.28. The zero-order chi connectivity index (χ0) is 13.9. The minimum atomic E-state index is 0.391. The van der Waals surface area contributed by atoms with Crippen molar-refractivity contribution in [3.8, 4) is 11.7 Å². The van der Waals surface area contributed by atoms with Crippen molar-refractivity contribution in [3.63, 3.8) is 0 Å². The van der Waals surface area contributed by atoms with E-state index in [0.717, 1.165) is 11.5 Å². The predicted molar refractivity (Wildman–Crippen MR) is 68.8 cm³/mol. The SMILES string of the molecule is COCc1ncn(Cc2nc(-c3ccco3)oc2C)n1. The molecule has 0 saturated carbocycles. The predicted octanol–water partition coefficient (Wildman–Crippen LogP) is 2.03. The molecule has 104 valence electrons. The highest BCUT2D eigenvalue weighted by Crippen LogP contribution is 2.22. The van der Waals surface area contributed by atoms with Crippen molar-refractivity contribution in [2.75, 3.05) is 7.11 Å². The Balaban J connectivity index is 1.80. The van der Waals surface area contributed by atoms with Crippen LogP contribution in [0.1, 0.15) is 17.3 Å². The molecule has 0 amide bonds. The van der Waals surface area contributed by atoms with Crippen molar-refractivity contribution < 1.29 is 13.6 Å². The highest BCUT2D eigenvalue weighted by atomic mass is 16.5. The lowest BCUT2D eigenvalue weighted by Crippen LogP contribution is -2.03. The first kappa shape index (κ1) is 12.6. The van der Waals surface area contributed by atoms with Gasteiger partial charge in [0.15, 0.2) is 11.6 Å². The topological polar surface area (TPSA) is 79.1 Å². The molecule has 0 aromatic carbocycles. The van der Waals surface area contributed by atoms with Gasteiger partial charge >= 0.3 is 0 Å². The van der Waals surface area contributed by atoms with Crippen molar-refractivity contribution in [2.45, 2.75) is 20.1 Å². The number of oxazole rings is 1. The number of hydrogen-bond acceptors (Lipinski definition) is 6. The highest BCUT2D eigenvalue weighted by Gasteiger charge is 2.14. The van der Waals surface area contributed by atoms with Crippen LogP contribution in [-0.2, 0) is 17.9 Å². The molecule has 3 rings (SSSR count). The maximum absolute atomic E-state index is 5.59. The van der Waals surface area contributed by atoms with E-state index in [4.69, 9.17) is 13.6 Å². The van der Waals surface area contributed by atoms with E-state index in [-0.39, 0.29) is 0 Å². The van der Waals surface area contributed by atoms with Gasteiger partial charge in [0.25, 0.3) is 5.89 Å². The summed E-state index contributed by atoms with van der Waals surface area (Å²) < 4.78 is 17.5. The Hall–Kier alpha value is -2.41. The van der Waals surface area contributed by atoms with E-state index < -0.39 is 0 Å². The molecule has 7 heteroatoms. The molecule has 0 bridgehead atoms. The van der Waals surface area contributed by atoms with Crippen LogP contribution in [0, 0.1) is 6.92 Å². The number of ether oxygens (including phenoxy) is 1. The first-order chi connectivity index (χ1) is 9.76. The molecule has 0 atom stereocenters. The first-order valence-electron chi connectivity index (χ1n) is 6.13. The molecule has 0 saturated heterocycles. The van der Waals surface area contributed by atoms with Gasteiger partial charge in [0.05, 0.1) is 12.8 Å². The van der Waals surface area contributed by atoms with E-state index in [1.807, 2.05) is 6.92 Å². The summed E-state index contributed by atoms with van der Waals surface area (Å²) in [4.78, 5) is 8.56. The van der Waals surface area contributed by atoms with Crippen molar-refractivity contribution in [2.24, 2.45) is 0 Å². The van der Waals surface area contributed by atoms with E-state index >= 15 is 0 Å². The average molecular weight is 274 g/mol. The van der Waals surface area contributed by atoms with Gasteiger partial charge in [-0.3, -0.25) is 0 Å². The number of aryl methyl sites for hydroxylation is 1. The minimum Gasteiger partial charge on any atom is -0.459 e. The lowest BCUT2D eigenvalue weighted by molar-refractivity contribution is 0.177. The first-order valence-corrected chi connectivity index (χ1v) is 6.13. The van der Waals surface area contributed by atoms with Crippen LogP contribution in [0.15, 0.2) is 33.6 Å². The summed E-state index contributed by atoms with van der Waals surface area (Å²) in [5.74, 6) is 2.46. The van der Waals surface area contributed by atoms with Crippen LogP contribution in [-0.4, -0.2) is 26.9 Å².